The third-order valence-electron chi connectivity index (χ3n) is 5.05. The minimum atomic E-state index is -0.983. The summed E-state index contributed by atoms with van der Waals surface area (Å²) in [7, 11) is 1.00. The topological polar surface area (TPSA) is 111 Å². The van der Waals surface area contributed by atoms with Gasteiger partial charge >= 0.3 is 0 Å². The van der Waals surface area contributed by atoms with E-state index in [1.807, 2.05) is 6.07 Å². The monoisotopic (exact) mass is 387 g/mol. The van der Waals surface area contributed by atoms with Crippen LogP contribution in [-0.4, -0.2) is 50.8 Å². The number of pyridine rings is 1. The zero-order valence-corrected chi connectivity index (χ0v) is 16.5. The SMILES string of the molecule is CC(C)(O)c1ccc(-c2cnc3c(n2)N(C2CCCC2)CC(=O)N3)cn1.CO.[HH]. The van der Waals surface area contributed by atoms with Crippen LogP contribution in [0.4, 0.5) is 11.6 Å². The molecule has 1 saturated carbocycles. The van der Waals surface area contributed by atoms with E-state index in [1.54, 1.807) is 32.3 Å². The Labute approximate surface area is 166 Å². The molecule has 3 N–H and O–H groups in total. The number of carbonyl (C=O) groups is 1. The van der Waals surface area contributed by atoms with Crippen molar-refractivity contribution in [2.24, 2.45) is 0 Å². The molecule has 0 saturated heterocycles. The number of aliphatic hydroxyl groups excluding tert-OH is 1. The maximum Gasteiger partial charge on any atom is 0.245 e. The van der Waals surface area contributed by atoms with Gasteiger partial charge in [-0.05, 0) is 38.8 Å². The summed E-state index contributed by atoms with van der Waals surface area (Å²) >= 11 is 0. The highest BCUT2D eigenvalue weighted by Gasteiger charge is 2.32. The van der Waals surface area contributed by atoms with Gasteiger partial charge in [-0.2, -0.15) is 0 Å². The van der Waals surface area contributed by atoms with E-state index < -0.39 is 5.60 Å². The first-order valence-corrected chi connectivity index (χ1v) is 9.49. The first-order valence-electron chi connectivity index (χ1n) is 9.49. The molecular formula is C20H29N5O3. The number of hydrogen-bond donors (Lipinski definition) is 3. The van der Waals surface area contributed by atoms with E-state index in [2.05, 4.69) is 20.2 Å². The smallest absolute Gasteiger partial charge is 0.245 e. The normalized spacial score (nSPS) is 16.9. The van der Waals surface area contributed by atoms with E-state index in [9.17, 15) is 9.90 Å². The largest absolute Gasteiger partial charge is 0.400 e. The highest BCUT2D eigenvalue weighted by Crippen LogP contribution is 2.34. The maximum absolute atomic E-state index is 12.0. The molecule has 1 fully saturated rings. The van der Waals surface area contributed by atoms with Crippen LogP contribution in [0.1, 0.15) is 46.7 Å². The lowest BCUT2D eigenvalue weighted by atomic mass is 10.0. The summed E-state index contributed by atoms with van der Waals surface area (Å²) in [6.07, 6.45) is 7.89. The zero-order chi connectivity index (χ0) is 20.3. The molecule has 4 rings (SSSR count). The van der Waals surface area contributed by atoms with Gasteiger partial charge in [-0.3, -0.25) is 9.78 Å². The van der Waals surface area contributed by atoms with Crippen LogP contribution in [0.3, 0.4) is 0 Å². The van der Waals surface area contributed by atoms with Crippen LogP contribution in [-0.2, 0) is 10.4 Å². The molecule has 1 amide bonds. The molecule has 2 aliphatic rings. The Bertz CT molecular complexity index is 833. The summed E-state index contributed by atoms with van der Waals surface area (Å²) in [5.41, 5.74) is 1.16. The van der Waals surface area contributed by atoms with Crippen LogP contribution in [0.25, 0.3) is 11.3 Å². The van der Waals surface area contributed by atoms with E-state index in [0.29, 0.717) is 29.8 Å². The minimum absolute atomic E-state index is 0. The Morgan fingerprint density at radius 2 is 1.89 bits per heavy atom. The Morgan fingerprint density at radius 3 is 2.50 bits per heavy atom. The number of fused-ring (bicyclic) bond motifs is 1. The van der Waals surface area contributed by atoms with E-state index in [0.717, 1.165) is 31.3 Å². The quantitative estimate of drug-likeness (QED) is 0.741. The summed E-state index contributed by atoms with van der Waals surface area (Å²) in [5.74, 6) is 1.22. The van der Waals surface area contributed by atoms with Gasteiger partial charge in [0.1, 0.15) is 5.60 Å². The number of rotatable bonds is 3. The third kappa shape index (κ3) is 4.13. The highest BCUT2D eigenvalue weighted by atomic mass is 16.3. The third-order valence-corrected chi connectivity index (χ3v) is 5.05. The van der Waals surface area contributed by atoms with Crippen LogP contribution >= 0.6 is 0 Å². The fourth-order valence-electron chi connectivity index (χ4n) is 3.63. The number of aromatic nitrogens is 3. The molecule has 152 valence electrons. The second kappa shape index (κ2) is 8.20. The van der Waals surface area contributed by atoms with Crippen molar-refractivity contribution in [3.63, 3.8) is 0 Å². The molecule has 0 radical (unpaired) electrons. The molecule has 0 spiro atoms. The summed E-state index contributed by atoms with van der Waals surface area (Å²) in [5, 5.41) is 19.9. The van der Waals surface area contributed by atoms with Crippen LogP contribution in [0.15, 0.2) is 24.5 Å². The van der Waals surface area contributed by atoms with Gasteiger partial charge in [0, 0.05) is 26.3 Å². The minimum Gasteiger partial charge on any atom is -0.400 e. The van der Waals surface area contributed by atoms with Crippen molar-refractivity contribution >= 4 is 17.5 Å². The Hall–Kier alpha value is -2.58. The Balaban J connectivity index is 0.000000970. The number of amides is 1. The van der Waals surface area contributed by atoms with Crippen LogP contribution in [0, 0.1) is 0 Å². The molecule has 2 aromatic heterocycles. The van der Waals surface area contributed by atoms with Crippen LogP contribution in [0.2, 0.25) is 0 Å². The van der Waals surface area contributed by atoms with E-state index >= 15 is 0 Å². The number of aliphatic hydroxyl groups is 2. The summed E-state index contributed by atoms with van der Waals surface area (Å²) in [4.78, 5) is 27.7. The Morgan fingerprint density at radius 1 is 1.18 bits per heavy atom. The van der Waals surface area contributed by atoms with Crippen molar-refractivity contribution in [2.75, 3.05) is 23.9 Å². The van der Waals surface area contributed by atoms with Gasteiger partial charge in [-0.1, -0.05) is 12.8 Å². The lowest BCUT2D eigenvalue weighted by Gasteiger charge is -2.34. The highest BCUT2D eigenvalue weighted by molar-refractivity contribution is 5.99. The van der Waals surface area contributed by atoms with Gasteiger partial charge in [-0.25, -0.2) is 9.97 Å². The molecule has 2 aromatic rings. The number of carbonyl (C=O) groups excluding carboxylic acids is 1. The molecule has 8 heteroatoms. The predicted octanol–water partition coefficient (Wildman–Crippen LogP) is 2.32. The van der Waals surface area contributed by atoms with Gasteiger partial charge in [0.2, 0.25) is 5.91 Å². The van der Waals surface area contributed by atoms with Crippen molar-refractivity contribution < 1.29 is 16.4 Å². The molecule has 0 atom stereocenters. The van der Waals surface area contributed by atoms with Gasteiger partial charge in [0.05, 0.1) is 24.1 Å². The molecule has 0 unspecified atom stereocenters. The fraction of sp³-hybridized carbons (Fsp3) is 0.500. The molecular weight excluding hydrogens is 358 g/mol. The Kier molecular flexibility index (Phi) is 5.90. The van der Waals surface area contributed by atoms with Gasteiger partial charge < -0.3 is 20.4 Å². The van der Waals surface area contributed by atoms with E-state index in [1.165, 1.54) is 12.8 Å². The number of anilines is 2. The summed E-state index contributed by atoms with van der Waals surface area (Å²) in [6, 6.07) is 4.03. The molecule has 3 heterocycles. The van der Waals surface area contributed by atoms with Crippen LogP contribution < -0.4 is 10.2 Å². The lowest BCUT2D eigenvalue weighted by Crippen LogP contribution is -2.44. The van der Waals surface area contributed by atoms with Crippen LogP contribution in [0.5, 0.6) is 0 Å². The molecule has 1 aliphatic carbocycles. The van der Waals surface area contributed by atoms with E-state index in [-0.39, 0.29) is 7.33 Å². The second-order valence-corrected chi connectivity index (χ2v) is 7.53. The standard InChI is InChI=1S/C19H23N5O2.CH4O.H2/c1-19(2,26)15-8-7-12(9-20-15)14-10-21-17-18(22-14)24(11-16(25)23-17)13-5-3-4-6-13;1-2;/h7-10,13,26H,3-6,11H2,1-2H3,(H,21,23,25);2H,1H3;1H. The molecule has 1 aliphatic heterocycles. The first kappa shape index (κ1) is 20.2. The predicted molar refractivity (Wildman–Crippen MR) is 109 cm³/mol. The zero-order valence-electron chi connectivity index (χ0n) is 16.5. The van der Waals surface area contributed by atoms with Crippen molar-refractivity contribution in [1.29, 1.82) is 0 Å². The van der Waals surface area contributed by atoms with Crippen molar-refractivity contribution in [3.05, 3.63) is 30.2 Å². The molecule has 0 bridgehead atoms. The van der Waals surface area contributed by atoms with E-state index in [4.69, 9.17) is 10.1 Å². The average molecular weight is 387 g/mol. The van der Waals surface area contributed by atoms with Crippen molar-refractivity contribution in [3.8, 4) is 11.3 Å². The van der Waals surface area contributed by atoms with Crippen molar-refractivity contribution in [1.82, 2.24) is 15.0 Å². The molecule has 0 aromatic carbocycles. The van der Waals surface area contributed by atoms with Gasteiger partial charge in [0.25, 0.3) is 0 Å². The van der Waals surface area contributed by atoms with Crippen molar-refractivity contribution in [2.45, 2.75) is 51.2 Å². The number of nitrogens with zero attached hydrogens (tertiary/aromatic N) is 4. The lowest BCUT2D eigenvalue weighted by molar-refractivity contribution is -0.115. The maximum atomic E-state index is 12.0. The first-order chi connectivity index (χ1) is 13.4. The van der Waals surface area contributed by atoms with Gasteiger partial charge in [-0.15, -0.1) is 0 Å². The molecule has 28 heavy (non-hydrogen) atoms. The summed E-state index contributed by atoms with van der Waals surface area (Å²) < 4.78 is 0. The molecule has 8 nitrogen and oxygen atoms in total. The van der Waals surface area contributed by atoms with Gasteiger partial charge in [0.15, 0.2) is 11.6 Å². The fourth-order valence-corrected chi connectivity index (χ4v) is 3.63. The summed E-state index contributed by atoms with van der Waals surface area (Å²) in [6.45, 7) is 3.73. The average Bonchev–Trinajstić information content (AvgIpc) is 3.23. The second-order valence-electron chi connectivity index (χ2n) is 7.53. The number of nitrogens with one attached hydrogen (secondary N) is 1. The number of hydrogen-bond acceptors (Lipinski definition) is 7.